The van der Waals surface area contributed by atoms with Crippen molar-refractivity contribution in [2.24, 2.45) is 23.7 Å². The van der Waals surface area contributed by atoms with Crippen LogP contribution < -0.4 is 0 Å². The summed E-state index contributed by atoms with van der Waals surface area (Å²) in [6.45, 7) is 0. The maximum atomic E-state index is 11.3. The van der Waals surface area contributed by atoms with Crippen molar-refractivity contribution in [3.63, 3.8) is 0 Å². The molecule has 4 saturated carbocycles. The molecule has 1 nitrogen and oxygen atoms in total. The number of halogens is 2. The van der Waals surface area contributed by atoms with Gasteiger partial charge in [0.15, 0.2) is 0 Å². The van der Waals surface area contributed by atoms with Crippen LogP contribution in [0.2, 0.25) is 10.0 Å². The highest BCUT2D eigenvalue weighted by atomic mass is 35.5. The topological polar surface area (TPSA) is 20.2 Å². The highest BCUT2D eigenvalue weighted by molar-refractivity contribution is 6.42. The molecule has 1 aromatic rings. The SMILES string of the molecule is OC1(Cc2ccc(Cl)c(Cl)c2)C2CC3CC(C2)CC1C3. The molecule has 1 N–H and O–H groups in total. The van der Waals surface area contributed by atoms with E-state index >= 15 is 0 Å². The van der Waals surface area contributed by atoms with Crippen molar-refractivity contribution in [3.8, 4) is 0 Å². The quantitative estimate of drug-likeness (QED) is 0.837. The number of hydrogen-bond acceptors (Lipinski definition) is 1. The summed E-state index contributed by atoms with van der Waals surface area (Å²) in [5.74, 6) is 2.75. The number of aliphatic hydroxyl groups is 1. The Kier molecular flexibility index (Phi) is 3.11. The molecule has 108 valence electrons. The van der Waals surface area contributed by atoms with Crippen LogP contribution in [0.5, 0.6) is 0 Å². The van der Waals surface area contributed by atoms with Gasteiger partial charge in [0.1, 0.15) is 0 Å². The molecule has 0 amide bonds. The first-order chi connectivity index (χ1) is 9.54. The van der Waals surface area contributed by atoms with E-state index in [-0.39, 0.29) is 0 Å². The molecular formula is C17H20Cl2O. The molecule has 0 atom stereocenters. The summed E-state index contributed by atoms with van der Waals surface area (Å²) in [6.07, 6.45) is 7.06. The Morgan fingerprint density at radius 3 is 2.10 bits per heavy atom. The molecule has 4 fully saturated rings. The maximum Gasteiger partial charge on any atom is 0.0744 e. The minimum atomic E-state index is -0.509. The fraction of sp³-hybridized carbons (Fsp3) is 0.647. The molecule has 1 aromatic carbocycles. The standard InChI is InChI=1S/C17H20Cl2O/c18-15-2-1-10(8-16(15)19)9-17(20)13-4-11-3-12(6-13)7-14(17)5-11/h1-2,8,11-14,20H,3-7,9H2. The molecule has 3 heteroatoms. The zero-order chi connectivity index (χ0) is 13.9. The molecule has 0 spiro atoms. The van der Waals surface area contributed by atoms with Crippen LogP contribution in [0.15, 0.2) is 18.2 Å². The Balaban J connectivity index is 1.62. The molecule has 0 unspecified atom stereocenters. The molecule has 0 radical (unpaired) electrons. The van der Waals surface area contributed by atoms with E-state index < -0.39 is 5.60 Å². The van der Waals surface area contributed by atoms with Gasteiger partial charge in [0.25, 0.3) is 0 Å². The van der Waals surface area contributed by atoms with Gasteiger partial charge >= 0.3 is 0 Å². The predicted octanol–water partition coefficient (Wildman–Crippen LogP) is 4.72. The Bertz CT molecular complexity index is 512. The van der Waals surface area contributed by atoms with Crippen LogP contribution in [0.1, 0.15) is 37.7 Å². The monoisotopic (exact) mass is 310 g/mol. The summed E-state index contributed by atoms with van der Waals surface area (Å²) in [6, 6.07) is 5.78. The van der Waals surface area contributed by atoms with Crippen molar-refractivity contribution < 1.29 is 5.11 Å². The smallest absolute Gasteiger partial charge is 0.0744 e. The molecule has 4 bridgehead atoms. The third-order valence-corrected chi connectivity index (χ3v) is 6.76. The second-order valence-corrected chi connectivity index (χ2v) is 8.04. The highest BCUT2D eigenvalue weighted by Crippen LogP contribution is 2.59. The average Bonchev–Trinajstić information content (AvgIpc) is 2.40. The van der Waals surface area contributed by atoms with Gasteiger partial charge in [0.05, 0.1) is 15.6 Å². The Morgan fingerprint density at radius 2 is 1.55 bits per heavy atom. The third-order valence-electron chi connectivity index (χ3n) is 6.02. The number of benzene rings is 1. The largest absolute Gasteiger partial charge is 0.389 e. The van der Waals surface area contributed by atoms with Crippen LogP contribution in [0, 0.1) is 23.7 Å². The van der Waals surface area contributed by atoms with Gasteiger partial charge in [-0.3, -0.25) is 0 Å². The lowest BCUT2D eigenvalue weighted by Gasteiger charge is -2.59. The second-order valence-electron chi connectivity index (χ2n) is 7.22. The maximum absolute atomic E-state index is 11.3. The van der Waals surface area contributed by atoms with E-state index in [1.165, 1.54) is 32.1 Å². The van der Waals surface area contributed by atoms with E-state index in [0.29, 0.717) is 21.9 Å². The summed E-state index contributed by atoms with van der Waals surface area (Å²) in [4.78, 5) is 0. The fourth-order valence-corrected chi connectivity index (χ4v) is 5.59. The van der Waals surface area contributed by atoms with Crippen molar-refractivity contribution in [2.75, 3.05) is 0 Å². The Hall–Kier alpha value is -0.240. The van der Waals surface area contributed by atoms with E-state index in [9.17, 15) is 5.11 Å². The Labute approximate surface area is 130 Å². The van der Waals surface area contributed by atoms with Crippen LogP contribution in [-0.4, -0.2) is 10.7 Å². The molecule has 0 aromatic heterocycles. The average molecular weight is 311 g/mol. The molecule has 0 saturated heterocycles. The fourth-order valence-electron chi connectivity index (χ4n) is 5.27. The zero-order valence-corrected chi connectivity index (χ0v) is 13.0. The lowest BCUT2D eigenvalue weighted by atomic mass is 9.49. The van der Waals surface area contributed by atoms with Crippen molar-refractivity contribution >= 4 is 23.2 Å². The number of hydrogen-bond donors (Lipinski definition) is 1. The molecular weight excluding hydrogens is 291 g/mol. The third kappa shape index (κ3) is 2.01. The van der Waals surface area contributed by atoms with Crippen molar-refractivity contribution in [2.45, 2.75) is 44.1 Å². The van der Waals surface area contributed by atoms with Gasteiger partial charge in [-0.2, -0.15) is 0 Å². The van der Waals surface area contributed by atoms with Crippen LogP contribution in [-0.2, 0) is 6.42 Å². The van der Waals surface area contributed by atoms with Gasteiger partial charge in [-0.25, -0.2) is 0 Å². The zero-order valence-electron chi connectivity index (χ0n) is 11.5. The molecule has 5 rings (SSSR count). The van der Waals surface area contributed by atoms with Crippen molar-refractivity contribution in [1.82, 2.24) is 0 Å². The predicted molar refractivity (Wildman–Crippen MR) is 82.2 cm³/mol. The van der Waals surface area contributed by atoms with E-state index in [1.54, 1.807) is 0 Å². The Morgan fingerprint density at radius 1 is 0.950 bits per heavy atom. The molecule has 20 heavy (non-hydrogen) atoms. The number of rotatable bonds is 2. The lowest BCUT2D eigenvalue weighted by molar-refractivity contribution is -0.171. The second kappa shape index (κ2) is 4.63. The van der Waals surface area contributed by atoms with Gasteiger partial charge in [-0.15, -0.1) is 0 Å². The van der Waals surface area contributed by atoms with Crippen LogP contribution >= 0.6 is 23.2 Å². The van der Waals surface area contributed by atoms with Gasteiger partial charge in [0.2, 0.25) is 0 Å². The van der Waals surface area contributed by atoms with Crippen LogP contribution in [0.3, 0.4) is 0 Å². The summed E-state index contributed by atoms with van der Waals surface area (Å²) in [5.41, 5.74) is 0.610. The first-order valence-corrected chi connectivity index (χ1v) is 8.46. The van der Waals surface area contributed by atoms with E-state index in [4.69, 9.17) is 23.2 Å². The van der Waals surface area contributed by atoms with E-state index in [1.807, 2.05) is 18.2 Å². The van der Waals surface area contributed by atoms with E-state index in [0.717, 1.165) is 23.8 Å². The van der Waals surface area contributed by atoms with Gasteiger partial charge in [-0.1, -0.05) is 29.3 Å². The lowest BCUT2D eigenvalue weighted by Crippen LogP contribution is -2.58. The molecule has 0 aliphatic heterocycles. The minimum absolute atomic E-state index is 0.494. The molecule has 0 heterocycles. The summed E-state index contributed by atoms with van der Waals surface area (Å²) in [7, 11) is 0. The van der Waals surface area contributed by atoms with Gasteiger partial charge in [-0.05, 0) is 73.5 Å². The summed E-state index contributed by atoms with van der Waals surface area (Å²) < 4.78 is 0. The molecule has 4 aliphatic carbocycles. The van der Waals surface area contributed by atoms with Crippen LogP contribution in [0.4, 0.5) is 0 Å². The van der Waals surface area contributed by atoms with Crippen LogP contribution in [0.25, 0.3) is 0 Å². The van der Waals surface area contributed by atoms with Crippen molar-refractivity contribution in [1.29, 1.82) is 0 Å². The van der Waals surface area contributed by atoms with Gasteiger partial charge in [0, 0.05) is 6.42 Å². The van der Waals surface area contributed by atoms with Crippen molar-refractivity contribution in [3.05, 3.63) is 33.8 Å². The summed E-state index contributed by atoms with van der Waals surface area (Å²) in [5, 5.41) is 12.5. The normalized spacial score (nSPS) is 42.1. The minimum Gasteiger partial charge on any atom is -0.389 e. The first kappa shape index (κ1) is 13.4. The first-order valence-electron chi connectivity index (χ1n) is 7.71. The van der Waals surface area contributed by atoms with Gasteiger partial charge < -0.3 is 5.11 Å². The van der Waals surface area contributed by atoms with E-state index in [2.05, 4.69) is 0 Å². The molecule has 4 aliphatic rings. The highest BCUT2D eigenvalue weighted by Gasteiger charge is 2.56. The summed E-state index contributed by atoms with van der Waals surface area (Å²) >= 11 is 12.1.